The Morgan fingerprint density at radius 3 is 2.33 bits per heavy atom. The van der Waals surface area contributed by atoms with Gasteiger partial charge in [-0.15, -0.1) is 0 Å². The van der Waals surface area contributed by atoms with Crippen molar-refractivity contribution in [3.05, 3.63) is 22.2 Å². The molecule has 0 radical (unpaired) electrons. The molecule has 116 valence electrons. The van der Waals surface area contributed by atoms with Crippen LogP contribution in [0.1, 0.15) is 32.6 Å². The van der Waals surface area contributed by atoms with Crippen molar-refractivity contribution >= 4 is 40.8 Å². The summed E-state index contributed by atoms with van der Waals surface area (Å²) in [4.78, 5) is 21.3. The average Bonchev–Trinajstić information content (AvgIpc) is 2.34. The van der Waals surface area contributed by atoms with Crippen molar-refractivity contribution in [3.8, 4) is 5.75 Å². The van der Waals surface area contributed by atoms with Gasteiger partial charge in [-0.2, -0.15) is 0 Å². The van der Waals surface area contributed by atoms with Crippen LogP contribution in [0.3, 0.4) is 0 Å². The first kappa shape index (κ1) is 17.6. The van der Waals surface area contributed by atoms with Crippen LogP contribution >= 0.6 is 23.2 Å². The standard InChI is InChI=1S/C14H17Cl2NO4/c1-9(18)17-10-7-11(15)14(12(16)8-10)21-6-4-2-3-5-13(19)20/h7-8H,2-6H2,1H3,(H,17,18)(H,19,20). The Balaban J connectivity index is 2.48. The first-order chi connectivity index (χ1) is 9.90. The molecule has 0 aliphatic heterocycles. The van der Waals surface area contributed by atoms with Gasteiger partial charge in [-0.1, -0.05) is 23.2 Å². The summed E-state index contributed by atoms with van der Waals surface area (Å²) >= 11 is 12.1. The van der Waals surface area contributed by atoms with Crippen molar-refractivity contribution < 1.29 is 19.4 Å². The first-order valence-corrected chi connectivity index (χ1v) is 7.27. The summed E-state index contributed by atoms with van der Waals surface area (Å²) in [6.45, 7) is 1.79. The minimum absolute atomic E-state index is 0.160. The predicted octanol–water partition coefficient (Wildman–Crippen LogP) is 3.98. The van der Waals surface area contributed by atoms with Gasteiger partial charge in [0.05, 0.1) is 16.7 Å². The normalized spacial score (nSPS) is 10.2. The van der Waals surface area contributed by atoms with Crippen LogP contribution in [0.2, 0.25) is 10.0 Å². The number of hydrogen-bond acceptors (Lipinski definition) is 3. The van der Waals surface area contributed by atoms with E-state index < -0.39 is 5.97 Å². The molecule has 0 saturated heterocycles. The first-order valence-electron chi connectivity index (χ1n) is 6.51. The summed E-state index contributed by atoms with van der Waals surface area (Å²) < 4.78 is 5.51. The molecule has 1 aromatic rings. The minimum Gasteiger partial charge on any atom is -0.490 e. The lowest BCUT2D eigenvalue weighted by atomic mass is 10.2. The second-order valence-corrected chi connectivity index (χ2v) is 5.32. The van der Waals surface area contributed by atoms with Gasteiger partial charge in [0, 0.05) is 19.0 Å². The number of anilines is 1. The Hall–Kier alpha value is -1.46. The Bertz CT molecular complexity index is 497. The van der Waals surface area contributed by atoms with Crippen LogP contribution < -0.4 is 10.1 Å². The second kappa shape index (κ2) is 8.74. The zero-order valence-electron chi connectivity index (χ0n) is 11.6. The molecule has 0 aliphatic carbocycles. The number of nitrogens with one attached hydrogen (secondary N) is 1. The van der Waals surface area contributed by atoms with Crippen LogP contribution in [-0.4, -0.2) is 23.6 Å². The van der Waals surface area contributed by atoms with Crippen molar-refractivity contribution in [1.82, 2.24) is 0 Å². The van der Waals surface area contributed by atoms with Gasteiger partial charge in [0.2, 0.25) is 5.91 Å². The lowest BCUT2D eigenvalue weighted by molar-refractivity contribution is -0.137. The van der Waals surface area contributed by atoms with E-state index >= 15 is 0 Å². The van der Waals surface area contributed by atoms with Crippen LogP contribution in [0, 0.1) is 0 Å². The number of aliphatic carboxylic acids is 1. The van der Waals surface area contributed by atoms with E-state index in [1.165, 1.54) is 6.92 Å². The molecule has 1 amide bonds. The van der Waals surface area contributed by atoms with E-state index in [9.17, 15) is 9.59 Å². The number of rotatable bonds is 8. The summed E-state index contributed by atoms with van der Waals surface area (Å²) in [6.07, 6.45) is 2.24. The number of benzene rings is 1. The number of carboxylic acid groups (broad SMARTS) is 1. The number of ether oxygens (including phenoxy) is 1. The molecular weight excluding hydrogens is 317 g/mol. The number of amides is 1. The second-order valence-electron chi connectivity index (χ2n) is 4.50. The van der Waals surface area contributed by atoms with Gasteiger partial charge in [0.25, 0.3) is 0 Å². The third-order valence-electron chi connectivity index (χ3n) is 2.60. The topological polar surface area (TPSA) is 75.6 Å². The van der Waals surface area contributed by atoms with Gasteiger partial charge in [-0.3, -0.25) is 9.59 Å². The molecule has 0 aromatic heterocycles. The van der Waals surface area contributed by atoms with Gasteiger partial charge < -0.3 is 15.2 Å². The van der Waals surface area contributed by atoms with Crippen molar-refractivity contribution in [2.45, 2.75) is 32.6 Å². The highest BCUT2D eigenvalue weighted by atomic mass is 35.5. The Labute approximate surface area is 133 Å². The van der Waals surface area contributed by atoms with Gasteiger partial charge in [-0.05, 0) is 31.4 Å². The van der Waals surface area contributed by atoms with Gasteiger partial charge in [0.15, 0.2) is 5.75 Å². The molecular formula is C14H17Cl2NO4. The van der Waals surface area contributed by atoms with Crippen LogP contribution in [0.4, 0.5) is 5.69 Å². The van der Waals surface area contributed by atoms with E-state index in [4.69, 9.17) is 33.0 Å². The quantitative estimate of drug-likeness (QED) is 0.705. The number of carboxylic acids is 1. The van der Waals surface area contributed by atoms with Crippen molar-refractivity contribution in [1.29, 1.82) is 0 Å². The largest absolute Gasteiger partial charge is 0.490 e. The fraction of sp³-hybridized carbons (Fsp3) is 0.429. The molecule has 0 unspecified atom stereocenters. The fourth-order valence-corrected chi connectivity index (χ4v) is 2.30. The van der Waals surface area contributed by atoms with Gasteiger partial charge in [-0.25, -0.2) is 0 Å². The van der Waals surface area contributed by atoms with E-state index in [0.29, 0.717) is 40.9 Å². The lowest BCUT2D eigenvalue weighted by Gasteiger charge is -2.12. The summed E-state index contributed by atoms with van der Waals surface area (Å²) in [5, 5.41) is 11.7. The average molecular weight is 334 g/mol. The van der Waals surface area contributed by atoms with Gasteiger partial charge >= 0.3 is 5.97 Å². The smallest absolute Gasteiger partial charge is 0.303 e. The molecule has 21 heavy (non-hydrogen) atoms. The maximum absolute atomic E-state index is 11.0. The molecule has 0 aliphatic rings. The number of unbranched alkanes of at least 4 members (excludes halogenated alkanes) is 2. The number of carbonyl (C=O) groups excluding carboxylic acids is 1. The van der Waals surface area contributed by atoms with E-state index in [1.54, 1.807) is 12.1 Å². The highest BCUT2D eigenvalue weighted by Gasteiger charge is 2.10. The molecule has 1 aromatic carbocycles. The fourth-order valence-electron chi connectivity index (χ4n) is 1.70. The summed E-state index contributed by atoms with van der Waals surface area (Å²) in [7, 11) is 0. The Kier molecular flexibility index (Phi) is 7.32. The maximum Gasteiger partial charge on any atom is 0.303 e. The van der Waals surface area contributed by atoms with Crippen molar-refractivity contribution in [2.24, 2.45) is 0 Å². The van der Waals surface area contributed by atoms with E-state index in [0.717, 1.165) is 6.42 Å². The summed E-state index contributed by atoms with van der Waals surface area (Å²) in [5.74, 6) is -0.643. The highest BCUT2D eigenvalue weighted by Crippen LogP contribution is 2.36. The molecule has 2 N–H and O–H groups in total. The SMILES string of the molecule is CC(=O)Nc1cc(Cl)c(OCCCCCC(=O)O)c(Cl)c1. The number of halogens is 2. The van der Waals surface area contributed by atoms with Crippen LogP contribution in [0.5, 0.6) is 5.75 Å². The van der Waals surface area contributed by atoms with Gasteiger partial charge in [0.1, 0.15) is 0 Å². The number of carbonyl (C=O) groups is 2. The molecule has 0 spiro atoms. The summed E-state index contributed by atoms with van der Waals surface area (Å²) in [5.41, 5.74) is 0.506. The zero-order valence-corrected chi connectivity index (χ0v) is 13.1. The minimum atomic E-state index is -0.796. The molecule has 0 atom stereocenters. The van der Waals surface area contributed by atoms with E-state index in [-0.39, 0.29) is 12.3 Å². The molecule has 0 heterocycles. The zero-order chi connectivity index (χ0) is 15.8. The highest BCUT2D eigenvalue weighted by molar-refractivity contribution is 6.37. The predicted molar refractivity (Wildman–Crippen MR) is 82.4 cm³/mol. The molecule has 0 fully saturated rings. The maximum atomic E-state index is 11.0. The Morgan fingerprint density at radius 1 is 1.19 bits per heavy atom. The molecule has 0 saturated carbocycles. The van der Waals surface area contributed by atoms with E-state index in [2.05, 4.69) is 5.32 Å². The third kappa shape index (κ3) is 6.69. The van der Waals surface area contributed by atoms with Crippen LogP contribution in [-0.2, 0) is 9.59 Å². The molecule has 7 heteroatoms. The van der Waals surface area contributed by atoms with Crippen LogP contribution in [0.15, 0.2) is 12.1 Å². The summed E-state index contributed by atoms with van der Waals surface area (Å²) in [6, 6.07) is 3.13. The lowest BCUT2D eigenvalue weighted by Crippen LogP contribution is -2.06. The number of hydrogen-bond donors (Lipinski definition) is 2. The van der Waals surface area contributed by atoms with E-state index in [1.807, 2.05) is 0 Å². The molecule has 5 nitrogen and oxygen atoms in total. The monoisotopic (exact) mass is 333 g/mol. The molecule has 1 rings (SSSR count). The molecule has 0 bridgehead atoms. The van der Waals surface area contributed by atoms with Crippen molar-refractivity contribution in [3.63, 3.8) is 0 Å². The van der Waals surface area contributed by atoms with Crippen molar-refractivity contribution in [2.75, 3.05) is 11.9 Å². The van der Waals surface area contributed by atoms with Crippen LogP contribution in [0.25, 0.3) is 0 Å². The third-order valence-corrected chi connectivity index (χ3v) is 3.16. The Morgan fingerprint density at radius 2 is 1.81 bits per heavy atom.